The van der Waals surface area contributed by atoms with Gasteiger partial charge in [-0.05, 0) is 135 Å². The summed E-state index contributed by atoms with van der Waals surface area (Å²) in [6, 6.07) is 0. The first kappa shape index (κ1) is 72.5. The number of allylic oxidation sites excluding steroid dienone is 22. The normalized spacial score (nSPS) is 13.0. The molecule has 0 heterocycles. The maximum atomic E-state index is 12.9. The topological polar surface area (TPSA) is 78.9 Å². The SMILES string of the molecule is CC/C=C\C/C=C\C/C=C\C/C=C\CCCCCCCCCCCCCCC(=O)OCC(COC(=O)CCCC/C=C\C/C=C\C/C=C\C/C=C\CC)OC(=O)CCCCCCCC/C=C\C/C=C\C/C=C\CCCCC. The van der Waals surface area contributed by atoms with Crippen molar-refractivity contribution in [2.24, 2.45) is 0 Å². The first-order chi connectivity index (χ1) is 38.0. The van der Waals surface area contributed by atoms with Gasteiger partial charge in [-0.25, -0.2) is 0 Å². The minimum Gasteiger partial charge on any atom is -0.462 e. The lowest BCUT2D eigenvalue weighted by Crippen LogP contribution is -2.30. The lowest BCUT2D eigenvalue weighted by molar-refractivity contribution is -0.167. The van der Waals surface area contributed by atoms with Crippen LogP contribution in [0.4, 0.5) is 0 Å². The smallest absolute Gasteiger partial charge is 0.306 e. The number of hydrogen-bond acceptors (Lipinski definition) is 6. The molecule has 0 aliphatic carbocycles. The quantitative estimate of drug-likeness (QED) is 0.0261. The molecule has 6 nitrogen and oxygen atoms in total. The van der Waals surface area contributed by atoms with E-state index in [0.29, 0.717) is 19.3 Å². The molecule has 0 amide bonds. The molecule has 0 N–H and O–H groups in total. The van der Waals surface area contributed by atoms with E-state index in [1.165, 1.54) is 103 Å². The molecule has 0 aromatic carbocycles. The molecule has 0 spiro atoms. The van der Waals surface area contributed by atoms with Crippen LogP contribution in [-0.2, 0) is 28.6 Å². The van der Waals surface area contributed by atoms with E-state index < -0.39 is 6.10 Å². The second-order valence-corrected chi connectivity index (χ2v) is 20.5. The minimum atomic E-state index is -0.809. The van der Waals surface area contributed by atoms with Gasteiger partial charge in [0.15, 0.2) is 6.10 Å². The molecule has 0 aliphatic rings. The Morgan fingerprint density at radius 3 is 0.818 bits per heavy atom. The second-order valence-electron chi connectivity index (χ2n) is 20.5. The van der Waals surface area contributed by atoms with Gasteiger partial charge in [-0.2, -0.15) is 0 Å². The van der Waals surface area contributed by atoms with Gasteiger partial charge in [0.25, 0.3) is 0 Å². The first-order valence-corrected chi connectivity index (χ1v) is 31.7. The predicted octanol–water partition coefficient (Wildman–Crippen LogP) is 21.8. The van der Waals surface area contributed by atoms with Crippen LogP contribution in [0.3, 0.4) is 0 Å². The van der Waals surface area contributed by atoms with Crippen LogP contribution in [0.5, 0.6) is 0 Å². The number of carbonyl (C=O) groups excluding carboxylic acids is 3. The Labute approximate surface area is 475 Å². The van der Waals surface area contributed by atoms with Gasteiger partial charge in [-0.15, -0.1) is 0 Å². The summed E-state index contributed by atoms with van der Waals surface area (Å²) < 4.78 is 16.9. The zero-order valence-corrected chi connectivity index (χ0v) is 49.9. The molecule has 6 heteroatoms. The Morgan fingerprint density at radius 1 is 0.273 bits per heavy atom. The summed E-state index contributed by atoms with van der Waals surface area (Å²) in [4.78, 5) is 38.3. The van der Waals surface area contributed by atoms with Crippen molar-refractivity contribution in [3.8, 4) is 0 Å². The van der Waals surface area contributed by atoms with Crippen molar-refractivity contribution in [2.75, 3.05) is 13.2 Å². The first-order valence-electron chi connectivity index (χ1n) is 31.7. The van der Waals surface area contributed by atoms with Gasteiger partial charge in [0, 0.05) is 19.3 Å². The van der Waals surface area contributed by atoms with E-state index in [9.17, 15) is 14.4 Å². The zero-order valence-electron chi connectivity index (χ0n) is 49.9. The summed E-state index contributed by atoms with van der Waals surface area (Å²) in [5, 5.41) is 0. The van der Waals surface area contributed by atoms with Crippen LogP contribution in [0.1, 0.15) is 278 Å². The summed E-state index contributed by atoms with van der Waals surface area (Å²) in [6.45, 7) is 6.35. The van der Waals surface area contributed by atoms with Crippen LogP contribution in [-0.4, -0.2) is 37.2 Å². The summed E-state index contributed by atoms with van der Waals surface area (Å²) in [7, 11) is 0. The molecular weight excluding hydrogens is 949 g/mol. The maximum absolute atomic E-state index is 12.9. The van der Waals surface area contributed by atoms with Gasteiger partial charge in [-0.1, -0.05) is 257 Å². The number of unbranched alkanes of at least 4 members (excludes halogenated alkanes) is 23. The van der Waals surface area contributed by atoms with E-state index in [2.05, 4.69) is 154 Å². The largest absolute Gasteiger partial charge is 0.462 e. The lowest BCUT2D eigenvalue weighted by atomic mass is 10.0. The monoisotopic (exact) mass is 1060 g/mol. The van der Waals surface area contributed by atoms with Gasteiger partial charge >= 0.3 is 17.9 Å². The van der Waals surface area contributed by atoms with Crippen molar-refractivity contribution in [3.63, 3.8) is 0 Å². The Kier molecular flexibility index (Phi) is 60.4. The van der Waals surface area contributed by atoms with Crippen molar-refractivity contribution >= 4 is 17.9 Å². The molecule has 0 radical (unpaired) electrons. The fourth-order valence-corrected chi connectivity index (χ4v) is 8.43. The summed E-state index contributed by atoms with van der Waals surface area (Å²) in [6.07, 6.45) is 90.3. The number of hydrogen-bond donors (Lipinski definition) is 0. The molecule has 1 unspecified atom stereocenters. The Hall–Kier alpha value is -4.45. The highest BCUT2D eigenvalue weighted by Gasteiger charge is 2.19. The van der Waals surface area contributed by atoms with E-state index in [-0.39, 0.29) is 31.1 Å². The molecule has 0 bridgehead atoms. The third-order valence-corrected chi connectivity index (χ3v) is 13.1. The maximum Gasteiger partial charge on any atom is 0.306 e. The molecule has 0 saturated carbocycles. The Balaban J connectivity index is 4.41. The van der Waals surface area contributed by atoms with Gasteiger partial charge in [0.1, 0.15) is 13.2 Å². The zero-order chi connectivity index (χ0) is 55.7. The van der Waals surface area contributed by atoms with E-state index in [0.717, 1.165) is 135 Å². The summed E-state index contributed by atoms with van der Waals surface area (Å²) >= 11 is 0. The van der Waals surface area contributed by atoms with Gasteiger partial charge < -0.3 is 14.2 Å². The molecule has 0 aliphatic heterocycles. The number of carbonyl (C=O) groups is 3. The molecule has 77 heavy (non-hydrogen) atoms. The molecule has 436 valence electrons. The van der Waals surface area contributed by atoms with Crippen LogP contribution in [0.15, 0.2) is 134 Å². The Morgan fingerprint density at radius 2 is 0.506 bits per heavy atom. The molecule has 1 atom stereocenters. The van der Waals surface area contributed by atoms with Gasteiger partial charge in [0.2, 0.25) is 0 Å². The summed E-state index contributed by atoms with van der Waals surface area (Å²) in [5.41, 5.74) is 0. The van der Waals surface area contributed by atoms with Crippen LogP contribution in [0.2, 0.25) is 0 Å². The molecular formula is C71H116O6. The highest BCUT2D eigenvalue weighted by molar-refractivity contribution is 5.71. The van der Waals surface area contributed by atoms with Gasteiger partial charge in [-0.3, -0.25) is 14.4 Å². The molecule has 0 fully saturated rings. The van der Waals surface area contributed by atoms with Crippen molar-refractivity contribution < 1.29 is 28.6 Å². The predicted molar refractivity (Wildman–Crippen MR) is 334 cm³/mol. The van der Waals surface area contributed by atoms with Crippen LogP contribution in [0.25, 0.3) is 0 Å². The third kappa shape index (κ3) is 62.3. The van der Waals surface area contributed by atoms with Crippen LogP contribution in [0, 0.1) is 0 Å². The van der Waals surface area contributed by atoms with Gasteiger partial charge in [0.05, 0.1) is 0 Å². The summed E-state index contributed by atoms with van der Waals surface area (Å²) in [5.74, 6) is -0.957. The van der Waals surface area contributed by atoms with E-state index >= 15 is 0 Å². The van der Waals surface area contributed by atoms with E-state index in [1.807, 2.05) is 0 Å². The molecule has 0 aromatic heterocycles. The van der Waals surface area contributed by atoms with Crippen LogP contribution >= 0.6 is 0 Å². The van der Waals surface area contributed by atoms with Crippen LogP contribution < -0.4 is 0 Å². The average Bonchev–Trinajstić information content (AvgIpc) is 3.43. The van der Waals surface area contributed by atoms with E-state index in [4.69, 9.17) is 14.2 Å². The number of esters is 3. The van der Waals surface area contributed by atoms with Crippen molar-refractivity contribution in [3.05, 3.63) is 134 Å². The highest BCUT2D eigenvalue weighted by Crippen LogP contribution is 2.15. The standard InChI is InChI=1S/C71H116O6/c1-4-7-10-13-16-19-22-25-28-30-32-33-34-35-36-37-39-40-43-46-49-52-55-58-61-64-70(73)76-67-68(66-75-69(72)63-60-57-54-51-48-45-42-27-24-21-18-15-12-9-6-3)77-71(74)65-62-59-56-53-50-47-44-41-38-31-29-26-23-20-17-14-11-8-5-2/h7,9-10,12,16-21,25-29,32-33,38,41-42,48,51,68H,4-6,8,11,13-15,22-24,30-31,34-37,39-40,43-47,49-50,52-67H2,1-3H3/b10-7-,12-9-,19-16-,20-17-,21-18-,28-25-,29-26-,33-32-,41-38-,42-27-,51-48-. The molecule has 0 aromatic rings. The van der Waals surface area contributed by atoms with Crippen molar-refractivity contribution in [2.45, 2.75) is 284 Å². The Bertz CT molecular complexity index is 1650. The fraction of sp³-hybridized carbons (Fsp3) is 0.648. The van der Waals surface area contributed by atoms with E-state index in [1.54, 1.807) is 0 Å². The fourth-order valence-electron chi connectivity index (χ4n) is 8.43. The third-order valence-electron chi connectivity index (χ3n) is 13.1. The lowest BCUT2D eigenvalue weighted by Gasteiger charge is -2.18. The number of rotatable bonds is 56. The molecule has 0 rings (SSSR count). The highest BCUT2D eigenvalue weighted by atomic mass is 16.6. The average molecular weight is 1070 g/mol. The van der Waals surface area contributed by atoms with Crippen molar-refractivity contribution in [1.29, 1.82) is 0 Å². The van der Waals surface area contributed by atoms with Crippen molar-refractivity contribution in [1.82, 2.24) is 0 Å². The second kappa shape index (κ2) is 64.1. The minimum absolute atomic E-state index is 0.101. The molecule has 0 saturated heterocycles. The number of ether oxygens (including phenoxy) is 3.